The van der Waals surface area contributed by atoms with Gasteiger partial charge in [-0.3, -0.25) is 4.90 Å². The maximum absolute atomic E-state index is 6.20. The van der Waals surface area contributed by atoms with Gasteiger partial charge in [0.25, 0.3) is 0 Å². The van der Waals surface area contributed by atoms with Gasteiger partial charge in [-0.15, -0.1) is 0 Å². The molecule has 3 rings (SSSR count). The van der Waals surface area contributed by atoms with Gasteiger partial charge in [0, 0.05) is 35.4 Å². The summed E-state index contributed by atoms with van der Waals surface area (Å²) in [6.45, 7) is 5.28. The van der Waals surface area contributed by atoms with Crippen LogP contribution in [0.4, 0.5) is 23.0 Å². The third-order valence-electron chi connectivity index (χ3n) is 3.82. The topological polar surface area (TPSA) is 88.3 Å². The monoisotopic (exact) mass is 440 g/mol. The highest BCUT2D eigenvalue weighted by atomic mass is 127. The number of anilines is 4. The maximum atomic E-state index is 6.20. The summed E-state index contributed by atoms with van der Waals surface area (Å²) in [5.41, 5.74) is 7.67. The van der Waals surface area contributed by atoms with E-state index >= 15 is 0 Å². The minimum absolute atomic E-state index is 0.526. The van der Waals surface area contributed by atoms with Gasteiger partial charge in [-0.2, -0.15) is 0 Å². The molecule has 1 aliphatic rings. The molecule has 0 bridgehead atoms. The molecule has 0 aliphatic carbocycles. The molecule has 24 heavy (non-hydrogen) atoms. The number of nitrogen functional groups attached to an aromatic ring is 1. The Morgan fingerprint density at radius 3 is 2.58 bits per heavy atom. The number of halogens is 1. The molecule has 0 unspecified atom stereocenters. The van der Waals surface area contributed by atoms with Crippen LogP contribution in [-0.2, 0) is 4.74 Å². The Labute approximate surface area is 155 Å². The normalized spacial score (nSPS) is 15.2. The third-order valence-corrected chi connectivity index (χ3v) is 4.53. The van der Waals surface area contributed by atoms with Gasteiger partial charge >= 0.3 is 0 Å². The van der Waals surface area contributed by atoms with E-state index in [4.69, 9.17) is 10.5 Å². The summed E-state index contributed by atoms with van der Waals surface area (Å²) in [6, 6.07) is 8.05. The summed E-state index contributed by atoms with van der Waals surface area (Å²) in [7, 11) is 0. The highest BCUT2D eigenvalue weighted by molar-refractivity contribution is 14.1. The summed E-state index contributed by atoms with van der Waals surface area (Å²) in [4.78, 5) is 10.8. The minimum Gasteiger partial charge on any atom is -0.393 e. The highest BCUT2D eigenvalue weighted by Crippen LogP contribution is 2.25. The molecule has 0 atom stereocenters. The lowest BCUT2D eigenvalue weighted by Crippen LogP contribution is -2.39. The molecule has 7 nitrogen and oxygen atoms in total. The summed E-state index contributed by atoms with van der Waals surface area (Å²) in [6.07, 6.45) is 1.52. The Hall–Kier alpha value is -1.65. The lowest BCUT2D eigenvalue weighted by Gasteiger charge is -2.26. The second-order valence-electron chi connectivity index (χ2n) is 5.50. The van der Waals surface area contributed by atoms with E-state index in [9.17, 15) is 0 Å². The first-order valence-corrected chi connectivity index (χ1v) is 8.97. The molecule has 2 aromatic rings. The molecule has 1 saturated heterocycles. The zero-order chi connectivity index (χ0) is 16.8. The van der Waals surface area contributed by atoms with Crippen LogP contribution in [0, 0.1) is 3.57 Å². The van der Waals surface area contributed by atoms with Crippen molar-refractivity contribution in [3.05, 3.63) is 34.2 Å². The highest BCUT2D eigenvalue weighted by Gasteiger charge is 2.11. The van der Waals surface area contributed by atoms with Gasteiger partial charge in [-0.1, -0.05) is 0 Å². The van der Waals surface area contributed by atoms with Crippen molar-refractivity contribution in [2.75, 3.05) is 55.8 Å². The number of nitrogens with two attached hydrogens (primary N) is 1. The summed E-state index contributed by atoms with van der Waals surface area (Å²) in [5.74, 6) is 1.27. The molecular formula is C16H21IN6O. The van der Waals surface area contributed by atoms with Gasteiger partial charge in [0.05, 0.1) is 13.2 Å². The second kappa shape index (κ2) is 8.45. The number of hydrogen-bond acceptors (Lipinski definition) is 7. The fourth-order valence-electron chi connectivity index (χ4n) is 2.46. The second-order valence-corrected chi connectivity index (χ2v) is 6.74. The van der Waals surface area contributed by atoms with Crippen LogP contribution in [0.3, 0.4) is 0 Å². The fraction of sp³-hybridized carbons (Fsp3) is 0.375. The van der Waals surface area contributed by atoms with Crippen molar-refractivity contribution >= 4 is 45.6 Å². The predicted molar refractivity (Wildman–Crippen MR) is 105 cm³/mol. The van der Waals surface area contributed by atoms with Crippen LogP contribution >= 0.6 is 22.6 Å². The number of hydrogen-bond donors (Lipinski definition) is 3. The van der Waals surface area contributed by atoms with Crippen LogP contribution in [0.25, 0.3) is 0 Å². The number of morpholine rings is 1. The van der Waals surface area contributed by atoms with E-state index < -0.39 is 0 Å². The van der Waals surface area contributed by atoms with E-state index in [0.717, 1.165) is 45.1 Å². The molecule has 1 aliphatic heterocycles. The number of rotatable bonds is 6. The summed E-state index contributed by atoms with van der Waals surface area (Å²) >= 11 is 2.27. The Bertz CT molecular complexity index is 660. The first kappa shape index (κ1) is 17.2. The molecule has 8 heteroatoms. The Morgan fingerprint density at radius 1 is 1.12 bits per heavy atom. The molecule has 0 amide bonds. The van der Waals surface area contributed by atoms with E-state index in [0.29, 0.717) is 17.3 Å². The first-order chi connectivity index (χ1) is 11.7. The average molecular weight is 440 g/mol. The fourth-order valence-corrected chi connectivity index (χ4v) is 2.82. The lowest BCUT2D eigenvalue weighted by atomic mass is 10.3. The van der Waals surface area contributed by atoms with Gasteiger partial charge in [0.15, 0.2) is 11.6 Å². The summed E-state index contributed by atoms with van der Waals surface area (Å²) < 4.78 is 6.53. The third kappa shape index (κ3) is 4.68. The molecule has 1 aromatic carbocycles. The molecule has 0 spiro atoms. The smallest absolute Gasteiger partial charge is 0.159 e. The summed E-state index contributed by atoms with van der Waals surface area (Å²) in [5, 5.41) is 6.53. The van der Waals surface area contributed by atoms with Gasteiger partial charge in [-0.25, -0.2) is 9.97 Å². The van der Waals surface area contributed by atoms with Crippen LogP contribution in [0.5, 0.6) is 0 Å². The molecular weight excluding hydrogens is 419 g/mol. The van der Waals surface area contributed by atoms with Crippen molar-refractivity contribution in [2.24, 2.45) is 0 Å². The van der Waals surface area contributed by atoms with Crippen molar-refractivity contribution in [2.45, 2.75) is 0 Å². The number of nitrogens with zero attached hydrogens (tertiary/aromatic N) is 3. The SMILES string of the molecule is Nc1c(NCCN2CCOCC2)ncnc1Nc1ccc(I)cc1. The van der Waals surface area contributed by atoms with E-state index in [1.54, 1.807) is 0 Å². The zero-order valence-corrected chi connectivity index (χ0v) is 15.5. The first-order valence-electron chi connectivity index (χ1n) is 7.89. The lowest BCUT2D eigenvalue weighted by molar-refractivity contribution is 0.0398. The number of ether oxygens (including phenoxy) is 1. The molecule has 128 valence electrons. The van der Waals surface area contributed by atoms with Gasteiger partial charge in [-0.05, 0) is 46.9 Å². The minimum atomic E-state index is 0.526. The van der Waals surface area contributed by atoms with Crippen molar-refractivity contribution in [1.29, 1.82) is 0 Å². The van der Waals surface area contributed by atoms with Crippen LogP contribution in [-0.4, -0.2) is 54.3 Å². The number of aromatic nitrogens is 2. The van der Waals surface area contributed by atoms with Gasteiger partial charge in [0.1, 0.15) is 12.0 Å². The van der Waals surface area contributed by atoms with E-state index in [1.165, 1.54) is 9.90 Å². The van der Waals surface area contributed by atoms with Crippen LogP contribution in [0.2, 0.25) is 0 Å². The van der Waals surface area contributed by atoms with Crippen LogP contribution in [0.1, 0.15) is 0 Å². The van der Waals surface area contributed by atoms with Crippen molar-refractivity contribution < 1.29 is 4.74 Å². The Kier molecular flexibility index (Phi) is 6.05. The number of benzene rings is 1. The quantitative estimate of drug-likeness (QED) is 0.594. The molecule has 2 heterocycles. The van der Waals surface area contributed by atoms with Crippen LogP contribution in [0.15, 0.2) is 30.6 Å². The molecule has 4 N–H and O–H groups in total. The van der Waals surface area contributed by atoms with E-state index in [-0.39, 0.29) is 0 Å². The van der Waals surface area contributed by atoms with Gasteiger partial charge in [0.2, 0.25) is 0 Å². The molecule has 1 aromatic heterocycles. The molecule has 0 radical (unpaired) electrons. The van der Waals surface area contributed by atoms with Crippen LogP contribution < -0.4 is 16.4 Å². The Morgan fingerprint density at radius 2 is 1.83 bits per heavy atom. The molecule has 1 fully saturated rings. The Balaban J connectivity index is 1.59. The van der Waals surface area contributed by atoms with Crippen molar-refractivity contribution in [3.8, 4) is 0 Å². The van der Waals surface area contributed by atoms with Crippen molar-refractivity contribution in [3.63, 3.8) is 0 Å². The molecule has 0 saturated carbocycles. The average Bonchev–Trinajstić information content (AvgIpc) is 2.61. The number of nitrogens with one attached hydrogen (secondary N) is 2. The zero-order valence-electron chi connectivity index (χ0n) is 13.3. The largest absolute Gasteiger partial charge is 0.393 e. The van der Waals surface area contributed by atoms with E-state index in [1.807, 2.05) is 24.3 Å². The standard InChI is InChI=1S/C16H21IN6O/c17-12-1-3-13(4-2-12)22-16-14(18)15(20-11-21-16)19-5-6-23-7-9-24-10-8-23/h1-4,11H,5-10,18H2,(H2,19,20,21,22). The van der Waals surface area contributed by atoms with E-state index in [2.05, 4.69) is 48.1 Å². The predicted octanol–water partition coefficient (Wildman–Crippen LogP) is 2.15. The van der Waals surface area contributed by atoms with Gasteiger partial charge < -0.3 is 21.1 Å². The van der Waals surface area contributed by atoms with Crippen molar-refractivity contribution in [1.82, 2.24) is 14.9 Å². The maximum Gasteiger partial charge on any atom is 0.159 e.